The van der Waals surface area contributed by atoms with Crippen LogP contribution in [0.1, 0.15) is 32.1 Å². The van der Waals surface area contributed by atoms with Crippen molar-refractivity contribution in [3.63, 3.8) is 0 Å². The number of carbonyl (C=O) groups is 1. The summed E-state index contributed by atoms with van der Waals surface area (Å²) < 4.78 is 5.43. The Kier molecular flexibility index (Phi) is 6.51. The summed E-state index contributed by atoms with van der Waals surface area (Å²) in [6, 6.07) is -0.0816. The third kappa shape index (κ3) is 5.32. The lowest BCUT2D eigenvalue weighted by atomic mass is 9.73. The van der Waals surface area contributed by atoms with E-state index >= 15 is 0 Å². The van der Waals surface area contributed by atoms with Crippen LogP contribution < -0.4 is 10.6 Å². The van der Waals surface area contributed by atoms with Crippen LogP contribution in [-0.4, -0.2) is 56.9 Å². The first kappa shape index (κ1) is 16.3. The maximum absolute atomic E-state index is 11.8. The molecule has 1 aliphatic carbocycles. The Balaban J connectivity index is 1.86. The Morgan fingerprint density at radius 1 is 1.19 bits per heavy atom. The van der Waals surface area contributed by atoms with Gasteiger partial charge in [0.05, 0.1) is 13.2 Å². The third-order valence-corrected chi connectivity index (χ3v) is 4.61. The summed E-state index contributed by atoms with van der Waals surface area (Å²) in [6.07, 6.45) is 8.01. The number of morpholine rings is 1. The zero-order valence-electron chi connectivity index (χ0n) is 13.0. The minimum atomic E-state index is -0.0816. The fourth-order valence-electron chi connectivity index (χ4n) is 3.42. The second kappa shape index (κ2) is 8.39. The molecule has 2 amide bonds. The third-order valence-electron chi connectivity index (χ3n) is 4.61. The fraction of sp³-hybridized carbons (Fsp3) is 0.812. The Morgan fingerprint density at radius 3 is 2.57 bits per heavy atom. The molecule has 1 aliphatic heterocycles. The number of amides is 2. The SMILES string of the molecule is C=CCNC(=O)NCC1(CN2CCOCC2)CCCCC1. The predicted octanol–water partition coefficient (Wildman–Crippen LogP) is 1.75. The maximum atomic E-state index is 11.8. The highest BCUT2D eigenvalue weighted by molar-refractivity contribution is 5.73. The Labute approximate surface area is 128 Å². The quantitative estimate of drug-likeness (QED) is 0.734. The number of hydrogen-bond donors (Lipinski definition) is 2. The van der Waals surface area contributed by atoms with Crippen molar-refractivity contribution >= 4 is 6.03 Å². The molecular weight excluding hydrogens is 266 g/mol. The molecule has 0 bridgehead atoms. The van der Waals surface area contributed by atoms with Gasteiger partial charge in [0.15, 0.2) is 0 Å². The van der Waals surface area contributed by atoms with E-state index in [0.717, 1.165) is 39.4 Å². The zero-order chi connectivity index (χ0) is 15.0. The van der Waals surface area contributed by atoms with Gasteiger partial charge >= 0.3 is 6.03 Å². The van der Waals surface area contributed by atoms with E-state index in [4.69, 9.17) is 4.74 Å². The summed E-state index contributed by atoms with van der Waals surface area (Å²) in [6.45, 7) is 9.69. The van der Waals surface area contributed by atoms with Gasteiger partial charge in [-0.05, 0) is 12.8 Å². The Bertz CT molecular complexity index is 334. The molecule has 0 aromatic heterocycles. The van der Waals surface area contributed by atoms with Crippen LogP contribution in [0.4, 0.5) is 4.79 Å². The summed E-state index contributed by atoms with van der Waals surface area (Å²) in [7, 11) is 0. The number of hydrogen-bond acceptors (Lipinski definition) is 3. The van der Waals surface area contributed by atoms with Gasteiger partial charge in [0, 0.05) is 38.1 Å². The largest absolute Gasteiger partial charge is 0.379 e. The summed E-state index contributed by atoms with van der Waals surface area (Å²) in [5.74, 6) is 0. The molecule has 120 valence electrons. The summed E-state index contributed by atoms with van der Waals surface area (Å²) in [5.41, 5.74) is 0.237. The highest BCUT2D eigenvalue weighted by Crippen LogP contribution is 2.36. The standard InChI is InChI=1S/C16H29N3O2/c1-2-8-17-15(20)18-13-16(6-4-3-5-7-16)14-19-9-11-21-12-10-19/h2H,1,3-14H2,(H2,17,18,20). The maximum Gasteiger partial charge on any atom is 0.315 e. The minimum Gasteiger partial charge on any atom is -0.379 e. The first-order valence-electron chi connectivity index (χ1n) is 8.17. The van der Waals surface area contributed by atoms with Crippen molar-refractivity contribution in [1.82, 2.24) is 15.5 Å². The first-order valence-corrected chi connectivity index (χ1v) is 8.17. The minimum absolute atomic E-state index is 0.0816. The van der Waals surface area contributed by atoms with Crippen LogP contribution in [0.2, 0.25) is 0 Å². The molecule has 5 nitrogen and oxygen atoms in total. The lowest BCUT2D eigenvalue weighted by molar-refractivity contribution is 0.00784. The molecular formula is C16H29N3O2. The van der Waals surface area contributed by atoms with E-state index in [1.807, 2.05) is 0 Å². The van der Waals surface area contributed by atoms with Gasteiger partial charge in [0.2, 0.25) is 0 Å². The number of rotatable bonds is 6. The lowest BCUT2D eigenvalue weighted by Gasteiger charge is -2.42. The molecule has 2 fully saturated rings. The van der Waals surface area contributed by atoms with Crippen molar-refractivity contribution in [2.24, 2.45) is 5.41 Å². The second-order valence-corrected chi connectivity index (χ2v) is 6.30. The van der Waals surface area contributed by atoms with Crippen molar-refractivity contribution in [1.29, 1.82) is 0 Å². The molecule has 1 heterocycles. The van der Waals surface area contributed by atoms with E-state index in [-0.39, 0.29) is 11.4 Å². The van der Waals surface area contributed by atoms with Gasteiger partial charge in [-0.1, -0.05) is 25.3 Å². The molecule has 0 spiro atoms. The van der Waals surface area contributed by atoms with Crippen LogP contribution in [0, 0.1) is 5.41 Å². The molecule has 2 aliphatic rings. The predicted molar refractivity (Wildman–Crippen MR) is 84.4 cm³/mol. The number of ether oxygens (including phenoxy) is 1. The van der Waals surface area contributed by atoms with Crippen LogP contribution in [0.3, 0.4) is 0 Å². The van der Waals surface area contributed by atoms with Crippen LogP contribution >= 0.6 is 0 Å². The van der Waals surface area contributed by atoms with Gasteiger partial charge in [0.25, 0.3) is 0 Å². The number of urea groups is 1. The van der Waals surface area contributed by atoms with Crippen molar-refractivity contribution in [2.75, 3.05) is 45.9 Å². The zero-order valence-corrected chi connectivity index (χ0v) is 13.0. The number of nitrogens with one attached hydrogen (secondary N) is 2. The van der Waals surface area contributed by atoms with Crippen molar-refractivity contribution in [3.8, 4) is 0 Å². The molecule has 2 N–H and O–H groups in total. The van der Waals surface area contributed by atoms with Crippen molar-refractivity contribution < 1.29 is 9.53 Å². The van der Waals surface area contributed by atoms with Crippen molar-refractivity contribution in [2.45, 2.75) is 32.1 Å². The van der Waals surface area contributed by atoms with Crippen molar-refractivity contribution in [3.05, 3.63) is 12.7 Å². The van der Waals surface area contributed by atoms with Crippen LogP contribution in [0.15, 0.2) is 12.7 Å². The van der Waals surface area contributed by atoms with Gasteiger partial charge in [-0.25, -0.2) is 4.79 Å². The topological polar surface area (TPSA) is 53.6 Å². The van der Waals surface area contributed by atoms with E-state index in [1.165, 1.54) is 32.1 Å². The molecule has 0 radical (unpaired) electrons. The Morgan fingerprint density at radius 2 is 1.90 bits per heavy atom. The van der Waals surface area contributed by atoms with Gasteiger partial charge in [-0.2, -0.15) is 0 Å². The lowest BCUT2D eigenvalue weighted by Crippen LogP contribution is -2.50. The van der Waals surface area contributed by atoms with Gasteiger partial charge in [0.1, 0.15) is 0 Å². The van der Waals surface area contributed by atoms with Gasteiger partial charge in [-0.3, -0.25) is 4.90 Å². The van der Waals surface area contributed by atoms with E-state index in [9.17, 15) is 4.79 Å². The van der Waals surface area contributed by atoms with Gasteiger partial charge in [-0.15, -0.1) is 6.58 Å². The van der Waals surface area contributed by atoms with E-state index in [1.54, 1.807) is 6.08 Å². The average molecular weight is 295 g/mol. The molecule has 0 aromatic rings. The smallest absolute Gasteiger partial charge is 0.315 e. The second-order valence-electron chi connectivity index (χ2n) is 6.30. The molecule has 5 heteroatoms. The molecule has 0 unspecified atom stereocenters. The summed E-state index contributed by atoms with van der Waals surface area (Å²) in [4.78, 5) is 14.3. The molecule has 21 heavy (non-hydrogen) atoms. The number of carbonyl (C=O) groups excluding carboxylic acids is 1. The van der Waals surface area contributed by atoms with E-state index in [2.05, 4.69) is 22.1 Å². The monoisotopic (exact) mass is 295 g/mol. The normalized spacial score (nSPS) is 22.5. The highest BCUT2D eigenvalue weighted by Gasteiger charge is 2.34. The fourth-order valence-corrected chi connectivity index (χ4v) is 3.42. The molecule has 0 atom stereocenters. The molecule has 2 rings (SSSR count). The Hall–Kier alpha value is -1.07. The van der Waals surface area contributed by atoms with Crippen LogP contribution in [-0.2, 0) is 4.74 Å². The number of nitrogens with zero attached hydrogens (tertiary/aromatic N) is 1. The molecule has 0 aromatic carbocycles. The molecule has 1 saturated carbocycles. The van der Waals surface area contributed by atoms with E-state index in [0.29, 0.717) is 6.54 Å². The van der Waals surface area contributed by atoms with Crippen LogP contribution in [0.5, 0.6) is 0 Å². The molecule has 1 saturated heterocycles. The highest BCUT2D eigenvalue weighted by atomic mass is 16.5. The van der Waals surface area contributed by atoms with Crippen LogP contribution in [0.25, 0.3) is 0 Å². The first-order chi connectivity index (χ1) is 10.2. The van der Waals surface area contributed by atoms with Gasteiger partial charge < -0.3 is 15.4 Å². The average Bonchev–Trinajstić information content (AvgIpc) is 2.53. The summed E-state index contributed by atoms with van der Waals surface area (Å²) in [5, 5.41) is 5.85. The summed E-state index contributed by atoms with van der Waals surface area (Å²) >= 11 is 0. The van der Waals surface area contributed by atoms with E-state index < -0.39 is 0 Å².